The fraction of sp³-hybridized carbons (Fsp3) is 0.417. The number of nitrogens with one attached hydrogen (secondary N) is 2. The van der Waals surface area contributed by atoms with Crippen LogP contribution in [0.1, 0.15) is 27.0 Å². The molecular formula is C24H32N4O3. The number of hydrogen-bond donors (Lipinski definition) is 2. The van der Waals surface area contributed by atoms with Gasteiger partial charge in [0.15, 0.2) is 0 Å². The summed E-state index contributed by atoms with van der Waals surface area (Å²) in [6, 6.07) is 11.5. The maximum absolute atomic E-state index is 12.9. The van der Waals surface area contributed by atoms with E-state index in [4.69, 9.17) is 9.47 Å². The van der Waals surface area contributed by atoms with Crippen LogP contribution in [0, 0.1) is 20.8 Å². The van der Waals surface area contributed by atoms with Crippen LogP contribution >= 0.6 is 0 Å². The lowest BCUT2D eigenvalue weighted by Crippen LogP contribution is -2.39. The van der Waals surface area contributed by atoms with E-state index in [0.29, 0.717) is 23.8 Å². The zero-order valence-electron chi connectivity index (χ0n) is 18.8. The molecule has 2 aromatic rings. The van der Waals surface area contributed by atoms with E-state index in [9.17, 15) is 4.79 Å². The second kappa shape index (κ2) is 10.9. The van der Waals surface area contributed by atoms with E-state index in [2.05, 4.69) is 20.5 Å². The number of nitrogens with zero attached hydrogens (tertiary/aromatic N) is 2. The van der Waals surface area contributed by atoms with Gasteiger partial charge in [-0.2, -0.15) is 0 Å². The second-order valence-electron chi connectivity index (χ2n) is 7.77. The van der Waals surface area contributed by atoms with Crippen molar-refractivity contribution in [3.63, 3.8) is 0 Å². The third-order valence-electron chi connectivity index (χ3n) is 5.40. The quantitative estimate of drug-likeness (QED) is 0.550. The Labute approximate surface area is 184 Å². The first-order chi connectivity index (χ1) is 15.0. The van der Waals surface area contributed by atoms with Crippen LogP contribution in [-0.2, 0) is 4.74 Å². The Bertz CT molecular complexity index is 936. The van der Waals surface area contributed by atoms with E-state index in [1.54, 1.807) is 7.11 Å². The van der Waals surface area contributed by atoms with Gasteiger partial charge in [0.05, 0.1) is 32.6 Å². The maximum atomic E-state index is 12.9. The van der Waals surface area contributed by atoms with Gasteiger partial charge in [0.2, 0.25) is 5.96 Å². The van der Waals surface area contributed by atoms with Crippen molar-refractivity contribution in [3.8, 4) is 5.75 Å². The number of guanidine groups is 1. The third-order valence-corrected chi connectivity index (χ3v) is 5.40. The topological polar surface area (TPSA) is 75.2 Å². The normalized spacial score (nSPS) is 14.9. The van der Waals surface area contributed by atoms with Crippen molar-refractivity contribution >= 4 is 17.6 Å². The van der Waals surface area contributed by atoms with E-state index < -0.39 is 0 Å². The SMILES string of the molecule is COc1ccc(C)cc1NC(=NCCN1CCOCC1)NC(=O)c1ccc(C)c(C)c1. The number of rotatable bonds is 6. The number of methoxy groups -OCH3 is 1. The Balaban J connectivity index is 1.77. The summed E-state index contributed by atoms with van der Waals surface area (Å²) in [6.07, 6.45) is 0. The van der Waals surface area contributed by atoms with Crippen molar-refractivity contribution in [2.24, 2.45) is 4.99 Å². The Morgan fingerprint density at radius 2 is 1.87 bits per heavy atom. The molecule has 0 atom stereocenters. The number of amides is 1. The van der Waals surface area contributed by atoms with Crippen LogP contribution in [0.2, 0.25) is 0 Å². The van der Waals surface area contributed by atoms with Crippen LogP contribution in [0.15, 0.2) is 41.4 Å². The molecule has 0 spiro atoms. The van der Waals surface area contributed by atoms with Gasteiger partial charge >= 0.3 is 0 Å². The average molecular weight is 425 g/mol. The smallest absolute Gasteiger partial charge is 0.257 e. The molecular weight excluding hydrogens is 392 g/mol. The van der Waals surface area contributed by atoms with Crippen molar-refractivity contribution < 1.29 is 14.3 Å². The highest BCUT2D eigenvalue weighted by Gasteiger charge is 2.14. The van der Waals surface area contributed by atoms with Crippen LogP contribution < -0.4 is 15.4 Å². The van der Waals surface area contributed by atoms with E-state index in [-0.39, 0.29) is 5.91 Å². The molecule has 1 aliphatic rings. The maximum Gasteiger partial charge on any atom is 0.257 e. The summed E-state index contributed by atoms with van der Waals surface area (Å²) in [5.74, 6) is 0.889. The van der Waals surface area contributed by atoms with Crippen LogP contribution in [0.4, 0.5) is 5.69 Å². The van der Waals surface area contributed by atoms with Crippen LogP contribution in [0.25, 0.3) is 0 Å². The summed E-state index contributed by atoms with van der Waals surface area (Å²) >= 11 is 0. The highest BCUT2D eigenvalue weighted by Crippen LogP contribution is 2.25. The number of ether oxygens (including phenoxy) is 2. The lowest BCUT2D eigenvalue weighted by Gasteiger charge is -2.25. The number of carbonyl (C=O) groups excluding carboxylic acids is 1. The number of morpholine rings is 1. The average Bonchev–Trinajstić information content (AvgIpc) is 2.76. The zero-order valence-corrected chi connectivity index (χ0v) is 18.8. The van der Waals surface area contributed by atoms with Gasteiger partial charge in [-0.05, 0) is 61.7 Å². The first-order valence-electron chi connectivity index (χ1n) is 10.6. The molecule has 1 heterocycles. The van der Waals surface area contributed by atoms with Gasteiger partial charge in [0.1, 0.15) is 5.75 Å². The van der Waals surface area contributed by atoms with E-state index in [1.165, 1.54) is 0 Å². The minimum absolute atomic E-state index is 0.202. The van der Waals surface area contributed by atoms with E-state index in [1.807, 2.05) is 57.2 Å². The number of anilines is 1. The Morgan fingerprint density at radius 1 is 1.10 bits per heavy atom. The van der Waals surface area contributed by atoms with Crippen LogP contribution in [-0.4, -0.2) is 63.3 Å². The molecule has 0 bridgehead atoms. The molecule has 0 aliphatic carbocycles. The van der Waals surface area contributed by atoms with E-state index in [0.717, 1.165) is 55.2 Å². The van der Waals surface area contributed by atoms with Gasteiger partial charge in [-0.3, -0.25) is 20.0 Å². The molecule has 0 aromatic heterocycles. The second-order valence-corrected chi connectivity index (χ2v) is 7.77. The fourth-order valence-corrected chi connectivity index (χ4v) is 3.35. The molecule has 1 amide bonds. The van der Waals surface area contributed by atoms with Crippen molar-refractivity contribution in [1.82, 2.24) is 10.2 Å². The lowest BCUT2D eigenvalue weighted by atomic mass is 10.1. The predicted octanol–water partition coefficient (Wildman–Crippen LogP) is 3.15. The first kappa shape index (κ1) is 22.8. The highest BCUT2D eigenvalue weighted by molar-refractivity contribution is 6.10. The summed E-state index contributed by atoms with van der Waals surface area (Å²) in [6.45, 7) is 10.7. The van der Waals surface area contributed by atoms with Crippen LogP contribution in [0.5, 0.6) is 5.75 Å². The van der Waals surface area contributed by atoms with Crippen molar-refractivity contribution in [2.45, 2.75) is 20.8 Å². The first-order valence-corrected chi connectivity index (χ1v) is 10.6. The van der Waals surface area contributed by atoms with Crippen molar-refractivity contribution in [3.05, 3.63) is 58.7 Å². The molecule has 31 heavy (non-hydrogen) atoms. The molecule has 1 aliphatic heterocycles. The summed E-state index contributed by atoms with van der Waals surface area (Å²) in [5, 5.41) is 6.19. The van der Waals surface area contributed by atoms with Gasteiger partial charge in [0.25, 0.3) is 5.91 Å². The van der Waals surface area contributed by atoms with Gasteiger partial charge < -0.3 is 14.8 Å². The number of benzene rings is 2. The van der Waals surface area contributed by atoms with Crippen molar-refractivity contribution in [1.29, 1.82) is 0 Å². The van der Waals surface area contributed by atoms with Crippen LogP contribution in [0.3, 0.4) is 0 Å². The predicted molar refractivity (Wildman–Crippen MR) is 124 cm³/mol. The molecule has 1 fully saturated rings. The number of aliphatic imine (C=N–C) groups is 1. The minimum atomic E-state index is -0.202. The van der Waals surface area contributed by atoms with Crippen molar-refractivity contribution in [2.75, 3.05) is 51.8 Å². The van der Waals surface area contributed by atoms with Gasteiger partial charge in [0, 0.05) is 25.2 Å². The van der Waals surface area contributed by atoms with Gasteiger partial charge in [-0.15, -0.1) is 0 Å². The number of carbonyl (C=O) groups is 1. The molecule has 2 aromatic carbocycles. The molecule has 0 radical (unpaired) electrons. The third kappa shape index (κ3) is 6.54. The Hall–Kier alpha value is -2.90. The fourth-order valence-electron chi connectivity index (χ4n) is 3.35. The largest absolute Gasteiger partial charge is 0.495 e. The monoisotopic (exact) mass is 424 g/mol. The Morgan fingerprint density at radius 3 is 2.58 bits per heavy atom. The molecule has 7 nitrogen and oxygen atoms in total. The molecule has 1 saturated heterocycles. The zero-order chi connectivity index (χ0) is 22.2. The number of hydrogen-bond acceptors (Lipinski definition) is 5. The summed E-state index contributed by atoms with van der Waals surface area (Å²) in [5.41, 5.74) is 4.66. The highest BCUT2D eigenvalue weighted by atomic mass is 16.5. The molecule has 0 saturated carbocycles. The molecule has 2 N–H and O–H groups in total. The number of aryl methyl sites for hydroxylation is 3. The summed E-state index contributed by atoms with van der Waals surface area (Å²) in [7, 11) is 1.62. The molecule has 0 unspecified atom stereocenters. The lowest BCUT2D eigenvalue weighted by molar-refractivity contribution is 0.0394. The Kier molecular flexibility index (Phi) is 8.03. The molecule has 7 heteroatoms. The molecule has 166 valence electrons. The standard InChI is InChI=1S/C24H32N4O3/c1-17-5-8-22(30-4)21(15-17)26-24(25-9-10-28-11-13-31-14-12-28)27-23(29)20-7-6-18(2)19(3)16-20/h5-8,15-16H,9-14H2,1-4H3,(H2,25,26,27,29). The van der Waals surface area contributed by atoms with E-state index >= 15 is 0 Å². The van der Waals surface area contributed by atoms with Gasteiger partial charge in [-0.25, -0.2) is 0 Å². The summed E-state index contributed by atoms with van der Waals surface area (Å²) in [4.78, 5) is 19.9. The minimum Gasteiger partial charge on any atom is -0.495 e. The summed E-state index contributed by atoms with van der Waals surface area (Å²) < 4.78 is 10.9. The molecule has 3 rings (SSSR count). The van der Waals surface area contributed by atoms with Gasteiger partial charge in [-0.1, -0.05) is 12.1 Å².